The SMILES string of the molecule is C=CCc1c(C)ccc(C(C)=O)c1O. The summed E-state index contributed by atoms with van der Waals surface area (Å²) >= 11 is 0. The van der Waals surface area contributed by atoms with Crippen LogP contribution >= 0.6 is 0 Å². The Morgan fingerprint density at radius 3 is 2.71 bits per heavy atom. The van der Waals surface area contributed by atoms with E-state index in [2.05, 4.69) is 6.58 Å². The van der Waals surface area contributed by atoms with Crippen molar-refractivity contribution in [2.45, 2.75) is 20.3 Å². The van der Waals surface area contributed by atoms with Crippen LogP contribution in [0.25, 0.3) is 0 Å². The van der Waals surface area contributed by atoms with Crippen molar-refractivity contribution >= 4 is 5.78 Å². The molecule has 0 fully saturated rings. The van der Waals surface area contributed by atoms with Gasteiger partial charge in [0.15, 0.2) is 5.78 Å². The number of phenols is 1. The van der Waals surface area contributed by atoms with Gasteiger partial charge in [0.2, 0.25) is 0 Å². The minimum Gasteiger partial charge on any atom is -0.507 e. The van der Waals surface area contributed by atoms with Crippen molar-refractivity contribution in [2.24, 2.45) is 0 Å². The third-order valence-corrected chi connectivity index (χ3v) is 2.24. The molecule has 0 saturated carbocycles. The van der Waals surface area contributed by atoms with Gasteiger partial charge in [-0.3, -0.25) is 4.79 Å². The Hall–Kier alpha value is -1.57. The molecule has 0 saturated heterocycles. The molecule has 0 heterocycles. The minimum absolute atomic E-state index is 0.0948. The van der Waals surface area contributed by atoms with Crippen LogP contribution in [0.4, 0.5) is 0 Å². The van der Waals surface area contributed by atoms with Gasteiger partial charge in [0, 0.05) is 5.56 Å². The number of rotatable bonds is 3. The fourth-order valence-electron chi connectivity index (χ4n) is 1.42. The summed E-state index contributed by atoms with van der Waals surface area (Å²) in [5.41, 5.74) is 2.15. The molecule has 14 heavy (non-hydrogen) atoms. The number of Topliss-reactive ketones (excluding diaryl/α,β-unsaturated/α-hetero) is 1. The average molecular weight is 190 g/mol. The van der Waals surface area contributed by atoms with Gasteiger partial charge in [-0.05, 0) is 31.9 Å². The standard InChI is InChI=1S/C12H14O2/c1-4-5-10-8(2)6-7-11(9(3)13)12(10)14/h4,6-7,14H,1,5H2,2-3H3. The van der Waals surface area contributed by atoms with Crippen molar-refractivity contribution in [1.82, 2.24) is 0 Å². The molecule has 0 aliphatic rings. The first-order chi connectivity index (χ1) is 6.57. The lowest BCUT2D eigenvalue weighted by Gasteiger charge is -2.09. The van der Waals surface area contributed by atoms with E-state index in [1.165, 1.54) is 6.92 Å². The predicted molar refractivity (Wildman–Crippen MR) is 56.7 cm³/mol. The van der Waals surface area contributed by atoms with Gasteiger partial charge in [-0.15, -0.1) is 6.58 Å². The van der Waals surface area contributed by atoms with Crippen molar-refractivity contribution in [3.05, 3.63) is 41.5 Å². The molecular weight excluding hydrogens is 176 g/mol. The van der Waals surface area contributed by atoms with Gasteiger partial charge in [-0.1, -0.05) is 12.1 Å². The first-order valence-corrected chi connectivity index (χ1v) is 4.51. The Morgan fingerprint density at radius 1 is 1.57 bits per heavy atom. The number of carbonyl (C=O) groups excluding carboxylic acids is 1. The zero-order valence-electron chi connectivity index (χ0n) is 8.50. The Kier molecular flexibility index (Phi) is 3.07. The molecule has 0 bridgehead atoms. The van der Waals surface area contributed by atoms with E-state index in [0.717, 1.165) is 11.1 Å². The highest BCUT2D eigenvalue weighted by Crippen LogP contribution is 2.26. The van der Waals surface area contributed by atoms with Gasteiger partial charge < -0.3 is 5.11 Å². The highest BCUT2D eigenvalue weighted by molar-refractivity contribution is 5.97. The lowest BCUT2D eigenvalue weighted by atomic mass is 9.99. The Labute approximate surface area is 83.9 Å². The molecule has 2 heteroatoms. The third kappa shape index (κ3) is 1.84. The molecule has 1 rings (SSSR count). The number of phenolic OH excluding ortho intramolecular Hbond substituents is 1. The molecule has 0 aliphatic heterocycles. The van der Waals surface area contributed by atoms with Gasteiger partial charge in [0.1, 0.15) is 5.75 Å². The first kappa shape index (κ1) is 10.5. The fraction of sp³-hybridized carbons (Fsp3) is 0.250. The molecule has 0 aromatic heterocycles. The highest BCUT2D eigenvalue weighted by atomic mass is 16.3. The van der Waals surface area contributed by atoms with Crippen molar-refractivity contribution in [1.29, 1.82) is 0 Å². The van der Waals surface area contributed by atoms with E-state index in [1.807, 2.05) is 13.0 Å². The van der Waals surface area contributed by atoms with Crippen LogP contribution in [0.5, 0.6) is 5.75 Å². The van der Waals surface area contributed by atoms with E-state index in [-0.39, 0.29) is 11.5 Å². The molecule has 2 nitrogen and oxygen atoms in total. The summed E-state index contributed by atoms with van der Waals surface area (Å²) in [7, 11) is 0. The van der Waals surface area contributed by atoms with Crippen molar-refractivity contribution in [3.8, 4) is 5.75 Å². The molecule has 74 valence electrons. The van der Waals surface area contributed by atoms with Crippen molar-refractivity contribution < 1.29 is 9.90 Å². The maximum absolute atomic E-state index is 11.1. The largest absolute Gasteiger partial charge is 0.507 e. The average Bonchev–Trinajstić information content (AvgIpc) is 2.11. The zero-order valence-corrected chi connectivity index (χ0v) is 8.50. The minimum atomic E-state index is -0.118. The lowest BCUT2D eigenvalue weighted by Crippen LogP contribution is -1.97. The van der Waals surface area contributed by atoms with Crippen LogP contribution < -0.4 is 0 Å². The van der Waals surface area contributed by atoms with Crippen LogP contribution in [0, 0.1) is 6.92 Å². The smallest absolute Gasteiger partial charge is 0.163 e. The predicted octanol–water partition coefficient (Wildman–Crippen LogP) is 2.63. The molecule has 0 radical (unpaired) electrons. The maximum atomic E-state index is 11.1. The number of allylic oxidation sites excluding steroid dienone is 1. The molecule has 0 atom stereocenters. The Bertz CT molecular complexity index is 378. The monoisotopic (exact) mass is 190 g/mol. The summed E-state index contributed by atoms with van der Waals surface area (Å²) in [6, 6.07) is 3.49. The Morgan fingerprint density at radius 2 is 2.21 bits per heavy atom. The maximum Gasteiger partial charge on any atom is 0.163 e. The number of hydrogen-bond acceptors (Lipinski definition) is 2. The summed E-state index contributed by atoms with van der Waals surface area (Å²) in [5.74, 6) is -0.0230. The quantitative estimate of drug-likeness (QED) is 0.587. The highest BCUT2D eigenvalue weighted by Gasteiger charge is 2.11. The molecule has 1 aromatic rings. The summed E-state index contributed by atoms with van der Waals surface area (Å²) in [4.78, 5) is 11.1. The number of ketones is 1. The van der Waals surface area contributed by atoms with E-state index in [0.29, 0.717) is 12.0 Å². The second-order valence-electron chi connectivity index (χ2n) is 3.31. The summed E-state index contributed by atoms with van der Waals surface area (Å²) in [6.45, 7) is 6.97. The molecule has 0 amide bonds. The fourth-order valence-corrected chi connectivity index (χ4v) is 1.42. The van der Waals surface area contributed by atoms with Crippen LogP contribution in [0.15, 0.2) is 24.8 Å². The molecule has 1 N–H and O–H groups in total. The van der Waals surface area contributed by atoms with Crippen LogP contribution in [0.2, 0.25) is 0 Å². The molecule has 0 spiro atoms. The lowest BCUT2D eigenvalue weighted by molar-refractivity contribution is 0.101. The summed E-state index contributed by atoms with van der Waals surface area (Å²) in [6.07, 6.45) is 2.30. The second-order valence-corrected chi connectivity index (χ2v) is 3.31. The van der Waals surface area contributed by atoms with Gasteiger partial charge >= 0.3 is 0 Å². The Balaban J connectivity index is 3.32. The summed E-state index contributed by atoms with van der Waals surface area (Å²) in [5, 5.41) is 9.80. The molecule has 1 aromatic carbocycles. The third-order valence-electron chi connectivity index (χ3n) is 2.24. The van der Waals surface area contributed by atoms with Gasteiger partial charge in [-0.2, -0.15) is 0 Å². The van der Waals surface area contributed by atoms with E-state index >= 15 is 0 Å². The number of benzene rings is 1. The topological polar surface area (TPSA) is 37.3 Å². The van der Waals surface area contributed by atoms with E-state index in [9.17, 15) is 9.90 Å². The van der Waals surface area contributed by atoms with Gasteiger partial charge in [0.25, 0.3) is 0 Å². The van der Waals surface area contributed by atoms with E-state index < -0.39 is 0 Å². The van der Waals surface area contributed by atoms with Crippen LogP contribution in [-0.4, -0.2) is 10.9 Å². The normalized spacial score (nSPS) is 9.86. The number of aromatic hydroxyl groups is 1. The number of hydrogen-bond donors (Lipinski definition) is 1. The first-order valence-electron chi connectivity index (χ1n) is 4.51. The number of aryl methyl sites for hydroxylation is 1. The number of carbonyl (C=O) groups is 1. The molecular formula is C12H14O2. The van der Waals surface area contributed by atoms with Crippen LogP contribution in [0.1, 0.15) is 28.4 Å². The van der Waals surface area contributed by atoms with E-state index in [1.54, 1.807) is 12.1 Å². The van der Waals surface area contributed by atoms with Crippen LogP contribution in [0.3, 0.4) is 0 Å². The van der Waals surface area contributed by atoms with Gasteiger partial charge in [0.05, 0.1) is 5.56 Å². The summed E-state index contributed by atoms with van der Waals surface area (Å²) < 4.78 is 0. The van der Waals surface area contributed by atoms with Crippen molar-refractivity contribution in [3.63, 3.8) is 0 Å². The second kappa shape index (κ2) is 4.09. The van der Waals surface area contributed by atoms with E-state index in [4.69, 9.17) is 0 Å². The zero-order chi connectivity index (χ0) is 10.7. The molecule has 0 aliphatic carbocycles. The van der Waals surface area contributed by atoms with Crippen molar-refractivity contribution in [2.75, 3.05) is 0 Å². The van der Waals surface area contributed by atoms with Crippen LogP contribution in [-0.2, 0) is 6.42 Å². The van der Waals surface area contributed by atoms with Gasteiger partial charge in [-0.25, -0.2) is 0 Å². The molecule has 0 unspecified atom stereocenters.